The first-order valence-corrected chi connectivity index (χ1v) is 12.5. The van der Waals surface area contributed by atoms with Crippen LogP contribution in [0.1, 0.15) is 11.3 Å². The molecule has 3 aromatic carbocycles. The largest absolute Gasteiger partial charge is 0.447 e. The fourth-order valence-corrected chi connectivity index (χ4v) is 4.88. The molecule has 0 spiro atoms. The van der Waals surface area contributed by atoms with E-state index < -0.39 is 17.5 Å². The van der Waals surface area contributed by atoms with Gasteiger partial charge < -0.3 is 20.1 Å². The number of para-hydroxylation sites is 3. The summed E-state index contributed by atoms with van der Waals surface area (Å²) in [5.74, 6) is -3.44. The van der Waals surface area contributed by atoms with Crippen LogP contribution < -0.4 is 4.90 Å². The molecule has 0 unspecified atom stereocenters. The van der Waals surface area contributed by atoms with E-state index >= 15 is 0 Å². The van der Waals surface area contributed by atoms with Gasteiger partial charge in [0, 0.05) is 43.9 Å². The van der Waals surface area contributed by atoms with E-state index in [-0.39, 0.29) is 0 Å². The highest BCUT2D eigenvalue weighted by molar-refractivity contribution is 5.91. The summed E-state index contributed by atoms with van der Waals surface area (Å²) < 4.78 is 38.9. The Bertz CT molecular complexity index is 1630. The van der Waals surface area contributed by atoms with Gasteiger partial charge in [-0.05, 0) is 24.3 Å². The smallest absolute Gasteiger partial charge is 0.367 e. The summed E-state index contributed by atoms with van der Waals surface area (Å²) in [7, 11) is 0. The zero-order valence-electron chi connectivity index (χ0n) is 20.7. The van der Waals surface area contributed by atoms with Crippen LogP contribution in [0.3, 0.4) is 0 Å². The van der Waals surface area contributed by atoms with Gasteiger partial charge >= 0.3 is 6.18 Å². The molecule has 1 saturated heterocycles. The number of fused-ring (bicyclic) bond motifs is 2. The predicted octanol–water partition coefficient (Wildman–Crippen LogP) is 4.20. The Morgan fingerprint density at radius 2 is 1.54 bits per heavy atom. The number of imidazole rings is 1. The SMILES string of the molecule is OC(O)(c1ccc(-c2nc3c(N4CCN(Cc5cnc6ccccc6n5)CC4)cccc3[nH]2)cc1)C(F)(F)F. The van der Waals surface area contributed by atoms with Crippen LogP contribution in [0, 0.1) is 0 Å². The number of benzene rings is 3. The molecule has 0 amide bonds. The molecule has 0 aliphatic carbocycles. The molecule has 0 saturated carbocycles. The van der Waals surface area contributed by atoms with Crippen molar-refractivity contribution in [1.29, 1.82) is 0 Å². The van der Waals surface area contributed by atoms with Crippen molar-refractivity contribution in [3.05, 3.63) is 84.2 Å². The molecular weight excluding hydrogens is 509 g/mol. The molecule has 1 fully saturated rings. The fraction of sp³-hybridized carbons (Fsp3) is 0.250. The number of nitrogens with zero attached hydrogens (tertiary/aromatic N) is 5. The van der Waals surface area contributed by atoms with E-state index in [0.29, 0.717) is 11.4 Å². The van der Waals surface area contributed by atoms with Gasteiger partial charge in [0.05, 0.1) is 34.1 Å². The molecule has 6 rings (SSSR count). The number of alkyl halides is 3. The second-order valence-electron chi connectivity index (χ2n) is 9.62. The quantitative estimate of drug-likeness (QED) is 0.291. The fourth-order valence-electron chi connectivity index (χ4n) is 4.88. The van der Waals surface area contributed by atoms with E-state index in [0.717, 1.165) is 78.3 Å². The number of rotatable bonds is 5. The molecule has 8 nitrogen and oxygen atoms in total. The third-order valence-corrected chi connectivity index (χ3v) is 7.04. The lowest BCUT2D eigenvalue weighted by atomic mass is 10.0. The van der Waals surface area contributed by atoms with Crippen LogP contribution in [0.5, 0.6) is 0 Å². The van der Waals surface area contributed by atoms with E-state index in [1.165, 1.54) is 12.1 Å². The monoisotopic (exact) mass is 534 g/mol. The zero-order chi connectivity index (χ0) is 27.2. The summed E-state index contributed by atoms with van der Waals surface area (Å²) in [4.78, 5) is 21.8. The minimum absolute atomic E-state index is 0.478. The maximum atomic E-state index is 13.0. The zero-order valence-corrected chi connectivity index (χ0v) is 20.7. The summed E-state index contributed by atoms with van der Waals surface area (Å²) >= 11 is 0. The Hall–Kier alpha value is -4.06. The van der Waals surface area contributed by atoms with Gasteiger partial charge in [-0.15, -0.1) is 0 Å². The summed E-state index contributed by atoms with van der Waals surface area (Å²) in [6, 6.07) is 18.5. The van der Waals surface area contributed by atoms with Gasteiger partial charge in [0.25, 0.3) is 5.79 Å². The Balaban J connectivity index is 1.17. The molecule has 1 aliphatic heterocycles. The van der Waals surface area contributed by atoms with Crippen molar-refractivity contribution in [2.45, 2.75) is 18.5 Å². The second-order valence-corrected chi connectivity index (χ2v) is 9.62. The number of halogens is 3. The van der Waals surface area contributed by atoms with Crippen LogP contribution in [-0.4, -0.2) is 67.4 Å². The van der Waals surface area contributed by atoms with E-state index in [9.17, 15) is 23.4 Å². The number of anilines is 1. The predicted molar refractivity (Wildman–Crippen MR) is 141 cm³/mol. The van der Waals surface area contributed by atoms with Gasteiger partial charge in [0.1, 0.15) is 11.3 Å². The average Bonchev–Trinajstić information content (AvgIpc) is 3.38. The van der Waals surface area contributed by atoms with Crippen molar-refractivity contribution in [2.75, 3.05) is 31.1 Å². The minimum atomic E-state index is -5.21. The molecular formula is C28H25F3N6O2. The molecule has 1 aliphatic rings. The highest BCUT2D eigenvalue weighted by atomic mass is 19.4. The Morgan fingerprint density at radius 1 is 0.821 bits per heavy atom. The lowest BCUT2D eigenvalue weighted by Crippen LogP contribution is -2.46. The lowest BCUT2D eigenvalue weighted by Gasteiger charge is -2.36. The van der Waals surface area contributed by atoms with Crippen LogP contribution in [-0.2, 0) is 12.3 Å². The molecule has 0 bridgehead atoms. The van der Waals surface area contributed by atoms with E-state index in [1.54, 1.807) is 0 Å². The van der Waals surface area contributed by atoms with Crippen molar-refractivity contribution >= 4 is 27.8 Å². The Morgan fingerprint density at radius 3 is 2.26 bits per heavy atom. The van der Waals surface area contributed by atoms with Crippen LogP contribution in [0.2, 0.25) is 0 Å². The third kappa shape index (κ3) is 4.80. The van der Waals surface area contributed by atoms with Crippen LogP contribution in [0.4, 0.5) is 18.9 Å². The van der Waals surface area contributed by atoms with E-state index in [4.69, 9.17) is 9.97 Å². The number of aliphatic hydroxyl groups is 2. The molecule has 3 N–H and O–H groups in total. The highest BCUT2D eigenvalue weighted by Crippen LogP contribution is 2.37. The first kappa shape index (κ1) is 25.2. The first-order valence-electron chi connectivity index (χ1n) is 12.5. The third-order valence-electron chi connectivity index (χ3n) is 7.04. The van der Waals surface area contributed by atoms with Crippen LogP contribution >= 0.6 is 0 Å². The lowest BCUT2D eigenvalue weighted by molar-refractivity contribution is -0.358. The number of nitrogens with one attached hydrogen (secondary N) is 1. The standard InChI is InChI=1S/C28H25F3N6O2/c29-28(30,31)27(38,39)19-10-8-18(9-11-19)26-34-23-6-3-7-24(25(23)35-26)37-14-12-36(13-15-37)17-20-16-32-21-4-1-2-5-22(21)33-20/h1-11,16,38-39H,12-15,17H2,(H,34,35). The van der Waals surface area contributed by atoms with Gasteiger partial charge in [0.2, 0.25) is 0 Å². The first-order chi connectivity index (χ1) is 18.7. The number of aromatic nitrogens is 4. The van der Waals surface area contributed by atoms with E-state index in [2.05, 4.69) is 19.8 Å². The average molecular weight is 535 g/mol. The number of H-pyrrole nitrogens is 1. The van der Waals surface area contributed by atoms with Crippen molar-refractivity contribution in [2.24, 2.45) is 0 Å². The second kappa shape index (κ2) is 9.60. The molecule has 5 aromatic rings. The summed E-state index contributed by atoms with van der Waals surface area (Å²) in [5, 5.41) is 19.0. The topological polar surface area (TPSA) is 101 Å². The van der Waals surface area contributed by atoms with Crippen molar-refractivity contribution < 1.29 is 23.4 Å². The minimum Gasteiger partial charge on any atom is -0.367 e. The molecule has 0 atom stereocenters. The van der Waals surface area contributed by atoms with Crippen molar-refractivity contribution in [3.8, 4) is 11.4 Å². The Labute approximate surface area is 221 Å². The molecule has 0 radical (unpaired) electrons. The highest BCUT2D eigenvalue weighted by Gasteiger charge is 2.54. The molecule has 2 aromatic heterocycles. The maximum Gasteiger partial charge on any atom is 0.447 e. The summed E-state index contributed by atoms with van der Waals surface area (Å²) in [6.07, 6.45) is -3.38. The van der Waals surface area contributed by atoms with Crippen LogP contribution in [0.25, 0.3) is 33.5 Å². The molecule has 200 valence electrons. The van der Waals surface area contributed by atoms with Gasteiger partial charge in [-0.2, -0.15) is 13.2 Å². The van der Waals surface area contributed by atoms with Gasteiger partial charge in [-0.3, -0.25) is 9.88 Å². The summed E-state index contributed by atoms with van der Waals surface area (Å²) in [6.45, 7) is 3.99. The van der Waals surface area contributed by atoms with E-state index in [1.807, 2.05) is 48.7 Å². The molecule has 39 heavy (non-hydrogen) atoms. The molecule has 3 heterocycles. The number of hydrogen-bond donors (Lipinski definition) is 3. The van der Waals surface area contributed by atoms with Gasteiger partial charge in [-0.25, -0.2) is 9.97 Å². The van der Waals surface area contributed by atoms with Crippen molar-refractivity contribution in [1.82, 2.24) is 24.8 Å². The normalized spacial score (nSPS) is 15.4. The van der Waals surface area contributed by atoms with Crippen molar-refractivity contribution in [3.63, 3.8) is 0 Å². The number of aromatic amines is 1. The number of hydrogen-bond acceptors (Lipinski definition) is 7. The molecule has 11 heteroatoms. The maximum absolute atomic E-state index is 13.0. The van der Waals surface area contributed by atoms with Gasteiger partial charge in [0.15, 0.2) is 0 Å². The van der Waals surface area contributed by atoms with Gasteiger partial charge in [-0.1, -0.05) is 42.5 Å². The van der Waals surface area contributed by atoms with Crippen LogP contribution in [0.15, 0.2) is 72.9 Å². The number of piperazine rings is 1. The summed E-state index contributed by atoms with van der Waals surface area (Å²) in [5.41, 5.74) is 5.10. The Kier molecular flexibility index (Phi) is 6.21.